The molecule has 27 heavy (non-hydrogen) atoms. The Morgan fingerprint density at radius 2 is 1.48 bits per heavy atom. The summed E-state index contributed by atoms with van der Waals surface area (Å²) in [6.45, 7) is 16.7. The van der Waals surface area contributed by atoms with Crippen LogP contribution in [-0.2, 0) is 9.53 Å². The Morgan fingerprint density at radius 1 is 0.926 bits per heavy atom. The zero-order chi connectivity index (χ0) is 20.0. The molecule has 2 nitrogen and oxygen atoms in total. The van der Waals surface area contributed by atoms with Gasteiger partial charge in [-0.3, -0.25) is 4.79 Å². The Kier molecular flexibility index (Phi) is 5.79. The fourth-order valence-corrected chi connectivity index (χ4v) is 7.01. The molecular formula is C25H44O2. The predicted octanol–water partition coefficient (Wildman–Crippen LogP) is 7.01. The van der Waals surface area contributed by atoms with Crippen molar-refractivity contribution in [2.24, 2.45) is 40.4 Å². The summed E-state index contributed by atoms with van der Waals surface area (Å²) in [4.78, 5) is 13.3. The van der Waals surface area contributed by atoms with Crippen LogP contribution < -0.4 is 0 Å². The number of fused-ring (bicyclic) bond motifs is 2. The minimum Gasteiger partial charge on any atom is -0.459 e. The molecule has 156 valence electrons. The van der Waals surface area contributed by atoms with Crippen molar-refractivity contribution >= 4 is 5.97 Å². The van der Waals surface area contributed by atoms with Crippen LogP contribution in [0.3, 0.4) is 0 Å². The van der Waals surface area contributed by atoms with E-state index in [1.807, 2.05) is 0 Å². The van der Waals surface area contributed by atoms with Crippen LogP contribution in [0.1, 0.15) is 106 Å². The van der Waals surface area contributed by atoms with E-state index in [1.165, 1.54) is 38.5 Å². The second kappa shape index (κ2) is 7.38. The van der Waals surface area contributed by atoms with Gasteiger partial charge in [0.2, 0.25) is 0 Å². The van der Waals surface area contributed by atoms with E-state index in [0.717, 1.165) is 25.2 Å². The van der Waals surface area contributed by atoms with Gasteiger partial charge in [-0.2, -0.15) is 0 Å². The largest absolute Gasteiger partial charge is 0.459 e. The highest BCUT2D eigenvalue weighted by Gasteiger charge is 2.61. The van der Waals surface area contributed by atoms with E-state index in [9.17, 15) is 4.79 Å². The monoisotopic (exact) mass is 376 g/mol. The Bertz CT molecular complexity index is 541. The van der Waals surface area contributed by atoms with Crippen LogP contribution in [0, 0.1) is 40.4 Å². The van der Waals surface area contributed by atoms with Gasteiger partial charge < -0.3 is 4.74 Å². The van der Waals surface area contributed by atoms with E-state index in [-0.39, 0.29) is 17.5 Å². The average molecular weight is 377 g/mol. The van der Waals surface area contributed by atoms with Crippen molar-refractivity contribution in [1.82, 2.24) is 0 Å². The molecule has 3 rings (SSSR count). The minimum atomic E-state index is -0.199. The number of carbonyl (C=O) groups excluding carboxylic acids is 1. The second-order valence-electron chi connectivity index (χ2n) is 11.7. The average Bonchev–Trinajstić information content (AvgIpc) is 3.21. The number of ether oxygens (including phenoxy) is 1. The van der Waals surface area contributed by atoms with Crippen LogP contribution in [-0.4, -0.2) is 11.6 Å². The van der Waals surface area contributed by atoms with Crippen molar-refractivity contribution in [2.75, 3.05) is 0 Å². The molecule has 3 aliphatic carbocycles. The molecule has 0 aromatic rings. The molecule has 0 aromatic carbocycles. The Labute approximate surface area is 168 Å². The lowest BCUT2D eigenvalue weighted by molar-refractivity contribution is -0.171. The quantitative estimate of drug-likeness (QED) is 0.466. The molecule has 0 radical (unpaired) electrons. The zero-order valence-corrected chi connectivity index (χ0v) is 19.1. The number of hydrogen-bond donors (Lipinski definition) is 0. The summed E-state index contributed by atoms with van der Waals surface area (Å²) in [7, 11) is 0. The molecule has 5 unspecified atom stereocenters. The van der Waals surface area contributed by atoms with Gasteiger partial charge in [-0.1, -0.05) is 60.8 Å². The van der Waals surface area contributed by atoms with E-state index < -0.39 is 0 Å². The van der Waals surface area contributed by atoms with Crippen LogP contribution in [0.5, 0.6) is 0 Å². The van der Waals surface area contributed by atoms with Gasteiger partial charge >= 0.3 is 5.97 Å². The highest BCUT2D eigenvalue weighted by Crippen LogP contribution is 2.66. The van der Waals surface area contributed by atoms with Crippen LogP contribution in [0.25, 0.3) is 0 Å². The summed E-state index contributed by atoms with van der Waals surface area (Å²) < 4.78 is 6.22. The molecule has 2 bridgehead atoms. The summed E-state index contributed by atoms with van der Waals surface area (Å²) in [5.74, 6) is 2.91. The minimum absolute atomic E-state index is 0.136. The van der Waals surface area contributed by atoms with Gasteiger partial charge in [0.15, 0.2) is 0 Å². The number of carbonyl (C=O) groups is 1. The first-order chi connectivity index (χ1) is 12.5. The van der Waals surface area contributed by atoms with Crippen LogP contribution in [0.2, 0.25) is 0 Å². The fraction of sp³-hybridized carbons (Fsp3) is 0.960. The third-order valence-electron chi connectivity index (χ3n) is 9.19. The summed E-state index contributed by atoms with van der Waals surface area (Å²) in [6.07, 6.45) is 10.5. The third kappa shape index (κ3) is 3.84. The predicted molar refractivity (Wildman–Crippen MR) is 112 cm³/mol. The molecule has 0 heterocycles. The highest BCUT2D eigenvalue weighted by molar-refractivity contribution is 5.74. The standard InChI is InChI=1S/C25H44O2/c1-8-23(3,4)20-17-15-18(21(20)24(5,6)9-2)19(16-17)22(26)27-25(7)13-11-10-12-14-25/h17-21H,8-16H2,1-7H3. The third-order valence-corrected chi connectivity index (χ3v) is 9.19. The number of rotatable bonds is 6. The van der Waals surface area contributed by atoms with Gasteiger partial charge in [-0.05, 0) is 80.0 Å². The molecule has 0 N–H and O–H groups in total. The lowest BCUT2D eigenvalue weighted by Crippen LogP contribution is -2.47. The SMILES string of the molecule is CCC(C)(C)C1C2CC(C(=O)OC3(C)CCCCC3)C(C2)C1C(C)(C)CC. The maximum atomic E-state index is 13.3. The normalized spacial score (nSPS) is 36.0. The van der Waals surface area contributed by atoms with Gasteiger partial charge in [0.1, 0.15) is 5.60 Å². The van der Waals surface area contributed by atoms with Crippen LogP contribution in [0.15, 0.2) is 0 Å². The van der Waals surface area contributed by atoms with Gasteiger partial charge in [0, 0.05) is 0 Å². The molecule has 5 atom stereocenters. The second-order valence-corrected chi connectivity index (χ2v) is 11.7. The maximum absolute atomic E-state index is 13.3. The molecule has 0 saturated heterocycles. The smallest absolute Gasteiger partial charge is 0.309 e. The Morgan fingerprint density at radius 3 is 2.04 bits per heavy atom. The van der Waals surface area contributed by atoms with Gasteiger partial charge in [-0.15, -0.1) is 0 Å². The van der Waals surface area contributed by atoms with Gasteiger partial charge in [-0.25, -0.2) is 0 Å². The van der Waals surface area contributed by atoms with Crippen molar-refractivity contribution in [3.8, 4) is 0 Å². The highest BCUT2D eigenvalue weighted by atomic mass is 16.6. The Balaban J connectivity index is 1.80. The molecule has 3 aliphatic rings. The zero-order valence-electron chi connectivity index (χ0n) is 19.1. The Hall–Kier alpha value is -0.530. The first-order valence-electron chi connectivity index (χ1n) is 11.8. The van der Waals surface area contributed by atoms with Gasteiger partial charge in [0.05, 0.1) is 5.92 Å². The lowest BCUT2D eigenvalue weighted by Gasteiger charge is -2.50. The van der Waals surface area contributed by atoms with E-state index >= 15 is 0 Å². The van der Waals surface area contributed by atoms with Crippen molar-refractivity contribution < 1.29 is 9.53 Å². The molecular weight excluding hydrogens is 332 g/mol. The molecule has 0 aliphatic heterocycles. The summed E-state index contributed by atoms with van der Waals surface area (Å²) in [6, 6.07) is 0. The van der Waals surface area contributed by atoms with E-state index in [0.29, 0.717) is 28.6 Å². The van der Waals surface area contributed by atoms with Crippen LogP contribution in [0.4, 0.5) is 0 Å². The van der Waals surface area contributed by atoms with E-state index in [4.69, 9.17) is 4.74 Å². The van der Waals surface area contributed by atoms with E-state index in [2.05, 4.69) is 48.5 Å². The van der Waals surface area contributed by atoms with E-state index in [1.54, 1.807) is 0 Å². The van der Waals surface area contributed by atoms with Crippen molar-refractivity contribution in [3.05, 3.63) is 0 Å². The van der Waals surface area contributed by atoms with Gasteiger partial charge in [0.25, 0.3) is 0 Å². The number of esters is 1. The first-order valence-corrected chi connectivity index (χ1v) is 11.8. The molecule has 0 amide bonds. The summed E-state index contributed by atoms with van der Waals surface area (Å²) in [5.41, 5.74) is 0.458. The fourth-order valence-electron chi connectivity index (χ4n) is 7.01. The first kappa shape index (κ1) is 21.2. The maximum Gasteiger partial charge on any atom is 0.309 e. The van der Waals surface area contributed by atoms with Crippen molar-refractivity contribution in [2.45, 2.75) is 112 Å². The van der Waals surface area contributed by atoms with Crippen LogP contribution >= 0.6 is 0 Å². The molecule has 2 heteroatoms. The summed E-state index contributed by atoms with van der Waals surface area (Å²) in [5, 5.41) is 0. The molecule has 3 saturated carbocycles. The number of hydrogen-bond acceptors (Lipinski definition) is 2. The van der Waals surface area contributed by atoms with Crippen molar-refractivity contribution in [1.29, 1.82) is 0 Å². The molecule has 0 spiro atoms. The summed E-state index contributed by atoms with van der Waals surface area (Å²) >= 11 is 0. The van der Waals surface area contributed by atoms with Crippen molar-refractivity contribution in [3.63, 3.8) is 0 Å². The molecule has 3 fully saturated rings. The lowest BCUT2D eigenvalue weighted by atomic mass is 9.55. The topological polar surface area (TPSA) is 26.3 Å². The molecule has 0 aromatic heterocycles.